The molecule has 194 valence electrons. The van der Waals surface area contributed by atoms with Crippen molar-refractivity contribution in [3.8, 4) is 0 Å². The number of halogens is 2. The molecule has 0 radical (unpaired) electrons. The van der Waals surface area contributed by atoms with Gasteiger partial charge in [-0.15, -0.1) is 0 Å². The van der Waals surface area contributed by atoms with Crippen molar-refractivity contribution in [2.75, 3.05) is 26.2 Å². The van der Waals surface area contributed by atoms with E-state index in [2.05, 4.69) is 22.0 Å². The predicted octanol–water partition coefficient (Wildman–Crippen LogP) is 7.27. The average molecular weight is 537 g/mol. The monoisotopic (exact) mass is 535 g/mol. The van der Waals surface area contributed by atoms with Crippen molar-refractivity contribution in [3.05, 3.63) is 75.9 Å². The second-order valence-electron chi connectivity index (χ2n) is 11.4. The number of likely N-dealkylation sites (tertiary alicyclic amines) is 2. The fourth-order valence-corrected chi connectivity index (χ4v) is 7.67. The minimum atomic E-state index is 0.121. The number of nitrogens with zero attached hydrogens (tertiary/aromatic N) is 3. The highest BCUT2D eigenvalue weighted by molar-refractivity contribution is 6.42. The molecule has 1 saturated carbocycles. The van der Waals surface area contributed by atoms with E-state index in [-0.39, 0.29) is 5.91 Å². The zero-order chi connectivity index (χ0) is 25.4. The molecule has 0 bridgehead atoms. The largest absolute Gasteiger partial charge is 0.338 e. The molecule has 4 nitrogen and oxygen atoms in total. The van der Waals surface area contributed by atoms with Crippen LogP contribution in [0.15, 0.2) is 54.7 Å². The van der Waals surface area contributed by atoms with Crippen LogP contribution in [0.25, 0.3) is 10.9 Å². The van der Waals surface area contributed by atoms with Crippen molar-refractivity contribution in [3.63, 3.8) is 0 Å². The summed E-state index contributed by atoms with van der Waals surface area (Å²) in [5, 5.41) is 2.32. The molecule has 1 atom stereocenters. The molecule has 1 amide bonds. The van der Waals surface area contributed by atoms with Gasteiger partial charge in [0.15, 0.2) is 0 Å². The summed E-state index contributed by atoms with van der Waals surface area (Å²) in [7, 11) is 0. The molecular weight excluding hydrogens is 501 g/mol. The lowest BCUT2D eigenvalue weighted by molar-refractivity contribution is -0.00768. The van der Waals surface area contributed by atoms with Gasteiger partial charge >= 0.3 is 0 Å². The first kappa shape index (κ1) is 25.2. The molecule has 6 rings (SSSR count). The summed E-state index contributed by atoms with van der Waals surface area (Å²) in [4.78, 5) is 22.7. The number of rotatable bonds is 4. The van der Waals surface area contributed by atoms with Gasteiger partial charge < -0.3 is 4.90 Å². The number of fused-ring (bicyclic) bond motifs is 1. The van der Waals surface area contributed by atoms with Gasteiger partial charge in [0.2, 0.25) is 0 Å². The van der Waals surface area contributed by atoms with E-state index in [1.165, 1.54) is 44.2 Å². The fourth-order valence-electron chi connectivity index (χ4n) is 7.35. The van der Waals surface area contributed by atoms with Crippen molar-refractivity contribution in [2.24, 2.45) is 11.3 Å². The van der Waals surface area contributed by atoms with E-state index in [0.717, 1.165) is 55.4 Å². The highest BCUT2D eigenvalue weighted by Crippen LogP contribution is 2.50. The standard InChI is InChI=1S/C31H35Cl2N3O/c32-27-9-8-22(20-28(27)33)19-24-10-16-36(21-31(24)13-1-2-14-31)25-11-17-35(18-12-25)30(37)26-7-3-5-23-6-4-15-34-29(23)26/h3-9,15,20,24-25H,1-2,10-14,16-19,21H2. The highest BCUT2D eigenvalue weighted by atomic mass is 35.5. The van der Waals surface area contributed by atoms with Gasteiger partial charge in [0.25, 0.3) is 5.91 Å². The number of hydrogen-bond donors (Lipinski definition) is 0. The molecule has 2 aliphatic heterocycles. The summed E-state index contributed by atoms with van der Waals surface area (Å²) < 4.78 is 0. The molecule has 0 N–H and O–H groups in total. The van der Waals surface area contributed by atoms with E-state index >= 15 is 0 Å². The first-order valence-corrected chi connectivity index (χ1v) is 14.6. The molecule has 2 saturated heterocycles. The normalized spacial score (nSPS) is 22.6. The van der Waals surface area contributed by atoms with Gasteiger partial charge in [-0.25, -0.2) is 0 Å². The number of carbonyl (C=O) groups excluding carboxylic acids is 1. The molecule has 1 aliphatic carbocycles. The Labute approximate surface area is 229 Å². The van der Waals surface area contributed by atoms with Crippen LogP contribution in [-0.2, 0) is 6.42 Å². The average Bonchev–Trinajstić information content (AvgIpc) is 3.40. The smallest absolute Gasteiger partial charge is 0.256 e. The number of carbonyl (C=O) groups is 1. The SMILES string of the molecule is O=C(c1cccc2cccnc12)N1CCC(N2CCC(Cc3ccc(Cl)c(Cl)c3)C3(CCCC3)C2)CC1. The van der Waals surface area contributed by atoms with E-state index in [1.807, 2.05) is 41.3 Å². The van der Waals surface area contributed by atoms with Crippen LogP contribution >= 0.6 is 23.2 Å². The second-order valence-corrected chi connectivity index (χ2v) is 12.2. The molecule has 3 aromatic rings. The predicted molar refractivity (Wildman–Crippen MR) is 151 cm³/mol. The third-order valence-electron chi connectivity index (χ3n) is 9.35. The van der Waals surface area contributed by atoms with Gasteiger partial charge in [0, 0.05) is 37.3 Å². The van der Waals surface area contributed by atoms with Gasteiger partial charge in [-0.1, -0.05) is 60.3 Å². The summed E-state index contributed by atoms with van der Waals surface area (Å²) in [5.41, 5.74) is 3.26. The molecule has 3 fully saturated rings. The van der Waals surface area contributed by atoms with Gasteiger partial charge in [0.1, 0.15) is 0 Å². The first-order chi connectivity index (χ1) is 18.0. The van der Waals surface area contributed by atoms with Crippen LogP contribution in [0.1, 0.15) is 60.9 Å². The summed E-state index contributed by atoms with van der Waals surface area (Å²) in [6, 6.07) is 16.6. The number of hydrogen-bond acceptors (Lipinski definition) is 3. The van der Waals surface area contributed by atoms with E-state index in [1.54, 1.807) is 6.20 Å². The topological polar surface area (TPSA) is 36.4 Å². The maximum Gasteiger partial charge on any atom is 0.256 e. The Morgan fingerprint density at radius 2 is 1.73 bits per heavy atom. The Bertz CT molecular complexity index is 1280. The van der Waals surface area contributed by atoms with Crippen LogP contribution in [0.3, 0.4) is 0 Å². The van der Waals surface area contributed by atoms with E-state index in [9.17, 15) is 4.79 Å². The van der Waals surface area contributed by atoms with Crippen molar-refractivity contribution < 1.29 is 4.79 Å². The molecule has 1 unspecified atom stereocenters. The quantitative estimate of drug-likeness (QED) is 0.352. The van der Waals surface area contributed by atoms with Crippen molar-refractivity contribution in [1.82, 2.24) is 14.8 Å². The Balaban J connectivity index is 1.11. The second kappa shape index (κ2) is 10.6. The van der Waals surface area contributed by atoms with Gasteiger partial charge in [-0.2, -0.15) is 0 Å². The highest BCUT2D eigenvalue weighted by Gasteiger charge is 2.46. The van der Waals surface area contributed by atoms with E-state index in [4.69, 9.17) is 23.2 Å². The molecule has 1 spiro atoms. The first-order valence-electron chi connectivity index (χ1n) is 13.8. The maximum absolute atomic E-state index is 13.4. The summed E-state index contributed by atoms with van der Waals surface area (Å²) >= 11 is 12.5. The Kier molecular flexibility index (Phi) is 7.17. The van der Waals surface area contributed by atoms with E-state index in [0.29, 0.717) is 27.4 Å². The van der Waals surface area contributed by atoms with Crippen molar-refractivity contribution in [1.29, 1.82) is 0 Å². The summed E-state index contributed by atoms with van der Waals surface area (Å²) in [6.45, 7) is 4.00. The van der Waals surface area contributed by atoms with Crippen LogP contribution in [0.5, 0.6) is 0 Å². The summed E-state index contributed by atoms with van der Waals surface area (Å²) in [6.07, 6.45) is 11.6. The van der Waals surface area contributed by atoms with Crippen LogP contribution in [0, 0.1) is 11.3 Å². The molecule has 1 aromatic heterocycles. The Morgan fingerprint density at radius 3 is 2.51 bits per heavy atom. The van der Waals surface area contributed by atoms with Crippen molar-refractivity contribution >= 4 is 40.0 Å². The third kappa shape index (κ3) is 5.01. The van der Waals surface area contributed by atoms with Crippen molar-refractivity contribution in [2.45, 2.75) is 57.4 Å². The lowest BCUT2D eigenvalue weighted by atomic mass is 9.67. The van der Waals surface area contributed by atoms with Crippen LogP contribution in [0.4, 0.5) is 0 Å². The minimum Gasteiger partial charge on any atom is -0.338 e. The molecule has 2 aromatic carbocycles. The molecule has 6 heteroatoms. The minimum absolute atomic E-state index is 0.121. The lowest BCUT2D eigenvalue weighted by Crippen LogP contribution is -2.54. The molecule has 37 heavy (non-hydrogen) atoms. The zero-order valence-corrected chi connectivity index (χ0v) is 22.9. The Hall–Kier alpha value is -2.14. The number of benzene rings is 2. The van der Waals surface area contributed by atoms with Crippen LogP contribution < -0.4 is 0 Å². The number of aromatic nitrogens is 1. The Morgan fingerprint density at radius 1 is 0.946 bits per heavy atom. The molecule has 3 aliphatic rings. The van der Waals surface area contributed by atoms with E-state index < -0.39 is 0 Å². The number of piperidine rings is 2. The zero-order valence-electron chi connectivity index (χ0n) is 21.3. The van der Waals surface area contributed by atoms with Crippen LogP contribution in [0.2, 0.25) is 10.0 Å². The summed E-state index contributed by atoms with van der Waals surface area (Å²) in [5.74, 6) is 0.819. The van der Waals surface area contributed by atoms with Crippen LogP contribution in [-0.4, -0.2) is 52.9 Å². The fraction of sp³-hybridized carbons (Fsp3) is 0.484. The number of amides is 1. The lowest BCUT2D eigenvalue weighted by Gasteiger charge is -2.50. The van der Waals surface area contributed by atoms with Gasteiger partial charge in [0.05, 0.1) is 21.1 Å². The van der Waals surface area contributed by atoms with Gasteiger partial charge in [-0.05, 0) is 86.2 Å². The number of pyridine rings is 1. The maximum atomic E-state index is 13.4. The number of para-hydroxylation sites is 1. The van der Waals surface area contributed by atoms with Gasteiger partial charge in [-0.3, -0.25) is 14.7 Å². The molecule has 3 heterocycles. The third-order valence-corrected chi connectivity index (χ3v) is 10.1. The molecular formula is C31H35Cl2N3O.